The standard InChI is InChI=1S/C17H33N3O3/c1-13-9-6-7-11-20(13)12-8-10-18-15(21)14(2)19-16(22)23-17(3,4)5/h13-14H,6-12H2,1-5H3,(H,18,21)(H,19,22)/t13?,14-/m1/s1. The van der Waals surface area contributed by atoms with Gasteiger partial charge in [0.2, 0.25) is 5.91 Å². The predicted molar refractivity (Wildman–Crippen MR) is 91.3 cm³/mol. The third-order valence-corrected chi connectivity index (χ3v) is 3.99. The van der Waals surface area contributed by atoms with Gasteiger partial charge in [-0.2, -0.15) is 0 Å². The van der Waals surface area contributed by atoms with Crippen LogP contribution in [0.15, 0.2) is 0 Å². The molecule has 2 N–H and O–H groups in total. The zero-order valence-corrected chi connectivity index (χ0v) is 15.3. The molecular weight excluding hydrogens is 294 g/mol. The lowest BCUT2D eigenvalue weighted by molar-refractivity contribution is -0.122. The molecule has 0 aromatic rings. The molecule has 1 unspecified atom stereocenters. The van der Waals surface area contributed by atoms with Gasteiger partial charge in [-0.05, 0) is 60.4 Å². The van der Waals surface area contributed by atoms with E-state index < -0.39 is 17.7 Å². The molecule has 6 nitrogen and oxygen atoms in total. The predicted octanol–water partition coefficient (Wildman–Crippen LogP) is 2.28. The number of ether oxygens (including phenoxy) is 1. The Labute approximate surface area is 140 Å². The van der Waals surface area contributed by atoms with Crippen LogP contribution in [0, 0.1) is 0 Å². The molecule has 1 heterocycles. The summed E-state index contributed by atoms with van der Waals surface area (Å²) in [6.07, 6.45) is 4.22. The molecule has 0 spiro atoms. The van der Waals surface area contributed by atoms with Gasteiger partial charge in [-0.25, -0.2) is 4.79 Å². The van der Waals surface area contributed by atoms with Gasteiger partial charge in [0, 0.05) is 19.1 Å². The molecule has 2 amide bonds. The first kappa shape index (κ1) is 19.7. The molecule has 0 aromatic carbocycles. The van der Waals surface area contributed by atoms with E-state index in [4.69, 9.17) is 4.74 Å². The van der Waals surface area contributed by atoms with Crippen molar-refractivity contribution >= 4 is 12.0 Å². The van der Waals surface area contributed by atoms with Crippen LogP contribution in [0.5, 0.6) is 0 Å². The van der Waals surface area contributed by atoms with Crippen molar-refractivity contribution in [3.8, 4) is 0 Å². The average molecular weight is 327 g/mol. The second-order valence-corrected chi connectivity index (χ2v) is 7.39. The molecule has 23 heavy (non-hydrogen) atoms. The Morgan fingerprint density at radius 2 is 2.00 bits per heavy atom. The molecule has 0 bridgehead atoms. The number of nitrogens with one attached hydrogen (secondary N) is 2. The van der Waals surface area contributed by atoms with Crippen LogP contribution < -0.4 is 10.6 Å². The maximum Gasteiger partial charge on any atom is 0.408 e. The lowest BCUT2D eigenvalue weighted by atomic mass is 10.0. The molecule has 6 heteroatoms. The van der Waals surface area contributed by atoms with Gasteiger partial charge in [0.15, 0.2) is 0 Å². The van der Waals surface area contributed by atoms with E-state index in [2.05, 4.69) is 22.5 Å². The first-order chi connectivity index (χ1) is 10.7. The number of likely N-dealkylation sites (tertiary alicyclic amines) is 1. The first-order valence-corrected chi connectivity index (χ1v) is 8.70. The molecule has 1 saturated heterocycles. The summed E-state index contributed by atoms with van der Waals surface area (Å²) in [5, 5.41) is 5.42. The molecule has 134 valence electrons. The summed E-state index contributed by atoms with van der Waals surface area (Å²) in [7, 11) is 0. The van der Waals surface area contributed by atoms with Crippen LogP contribution in [-0.4, -0.2) is 54.2 Å². The number of hydrogen-bond donors (Lipinski definition) is 2. The zero-order valence-electron chi connectivity index (χ0n) is 15.3. The van der Waals surface area contributed by atoms with Crippen molar-refractivity contribution in [2.24, 2.45) is 0 Å². The van der Waals surface area contributed by atoms with Gasteiger partial charge in [0.25, 0.3) is 0 Å². The number of carbonyl (C=O) groups is 2. The zero-order chi connectivity index (χ0) is 17.5. The van der Waals surface area contributed by atoms with Crippen LogP contribution in [0.1, 0.15) is 60.3 Å². The van der Waals surface area contributed by atoms with E-state index >= 15 is 0 Å². The fraction of sp³-hybridized carbons (Fsp3) is 0.882. The highest BCUT2D eigenvalue weighted by Gasteiger charge is 2.21. The van der Waals surface area contributed by atoms with Crippen LogP contribution in [-0.2, 0) is 9.53 Å². The van der Waals surface area contributed by atoms with E-state index in [1.165, 1.54) is 19.3 Å². The Kier molecular flexibility index (Phi) is 7.82. The fourth-order valence-corrected chi connectivity index (χ4v) is 2.69. The number of carbonyl (C=O) groups excluding carboxylic acids is 2. The minimum atomic E-state index is -0.598. The largest absolute Gasteiger partial charge is 0.444 e. The smallest absolute Gasteiger partial charge is 0.408 e. The molecule has 0 saturated carbocycles. The quantitative estimate of drug-likeness (QED) is 0.734. The topological polar surface area (TPSA) is 70.7 Å². The highest BCUT2D eigenvalue weighted by Crippen LogP contribution is 2.16. The van der Waals surface area contributed by atoms with Gasteiger partial charge in [-0.15, -0.1) is 0 Å². The van der Waals surface area contributed by atoms with E-state index in [1.807, 2.05) is 0 Å². The van der Waals surface area contributed by atoms with Crippen molar-refractivity contribution < 1.29 is 14.3 Å². The van der Waals surface area contributed by atoms with Crippen LogP contribution in [0.25, 0.3) is 0 Å². The number of piperidine rings is 1. The van der Waals surface area contributed by atoms with Crippen LogP contribution in [0.2, 0.25) is 0 Å². The summed E-state index contributed by atoms with van der Waals surface area (Å²) in [5.41, 5.74) is -0.564. The summed E-state index contributed by atoms with van der Waals surface area (Å²) >= 11 is 0. The number of alkyl carbamates (subject to hydrolysis) is 1. The van der Waals surface area contributed by atoms with E-state index in [0.717, 1.165) is 19.5 Å². The van der Waals surface area contributed by atoms with E-state index in [9.17, 15) is 9.59 Å². The van der Waals surface area contributed by atoms with Crippen molar-refractivity contribution in [2.75, 3.05) is 19.6 Å². The SMILES string of the molecule is CC1CCCCN1CCCNC(=O)[C@@H](C)NC(=O)OC(C)(C)C. The summed E-state index contributed by atoms with van der Waals surface area (Å²) in [6.45, 7) is 12.1. The van der Waals surface area contributed by atoms with Crippen molar-refractivity contribution in [2.45, 2.75) is 78.0 Å². The van der Waals surface area contributed by atoms with Crippen molar-refractivity contribution in [3.63, 3.8) is 0 Å². The van der Waals surface area contributed by atoms with Crippen LogP contribution in [0.4, 0.5) is 4.79 Å². The number of rotatable bonds is 6. The summed E-state index contributed by atoms with van der Waals surface area (Å²) in [6, 6.07) is 0.0472. The second kappa shape index (κ2) is 9.11. The lowest BCUT2D eigenvalue weighted by Gasteiger charge is -2.33. The maximum atomic E-state index is 12.0. The molecule has 2 atom stereocenters. The number of nitrogens with zero attached hydrogens (tertiary/aromatic N) is 1. The fourth-order valence-electron chi connectivity index (χ4n) is 2.69. The Morgan fingerprint density at radius 3 is 2.61 bits per heavy atom. The van der Waals surface area contributed by atoms with Crippen LogP contribution >= 0.6 is 0 Å². The number of amides is 2. The molecule has 1 aliphatic rings. The number of hydrogen-bond acceptors (Lipinski definition) is 4. The van der Waals surface area contributed by atoms with E-state index in [-0.39, 0.29) is 5.91 Å². The lowest BCUT2D eigenvalue weighted by Crippen LogP contribution is -2.47. The highest BCUT2D eigenvalue weighted by molar-refractivity contribution is 5.85. The van der Waals surface area contributed by atoms with Gasteiger partial charge in [0.1, 0.15) is 11.6 Å². The Balaban J connectivity index is 2.18. The minimum Gasteiger partial charge on any atom is -0.444 e. The molecule has 1 aliphatic heterocycles. The van der Waals surface area contributed by atoms with Crippen LogP contribution in [0.3, 0.4) is 0 Å². The van der Waals surface area contributed by atoms with Gasteiger partial charge in [-0.3, -0.25) is 4.79 Å². The summed E-state index contributed by atoms with van der Waals surface area (Å²) in [4.78, 5) is 26.1. The van der Waals surface area contributed by atoms with Crippen molar-refractivity contribution in [1.29, 1.82) is 0 Å². The summed E-state index contributed by atoms with van der Waals surface area (Å²) in [5.74, 6) is -0.178. The first-order valence-electron chi connectivity index (χ1n) is 8.70. The monoisotopic (exact) mass is 327 g/mol. The van der Waals surface area contributed by atoms with Crippen molar-refractivity contribution in [1.82, 2.24) is 15.5 Å². The second-order valence-electron chi connectivity index (χ2n) is 7.39. The molecule has 1 fully saturated rings. The molecule has 1 rings (SSSR count). The Bertz CT molecular complexity index is 393. The molecule has 0 radical (unpaired) electrons. The minimum absolute atomic E-state index is 0.178. The third-order valence-electron chi connectivity index (χ3n) is 3.99. The molecule has 0 aliphatic carbocycles. The highest BCUT2D eigenvalue weighted by atomic mass is 16.6. The summed E-state index contributed by atoms with van der Waals surface area (Å²) < 4.78 is 5.14. The van der Waals surface area contributed by atoms with Gasteiger partial charge < -0.3 is 20.3 Å². The third kappa shape index (κ3) is 8.21. The Morgan fingerprint density at radius 1 is 1.30 bits per heavy atom. The normalized spacial score (nSPS) is 20.7. The van der Waals surface area contributed by atoms with Gasteiger partial charge >= 0.3 is 6.09 Å². The van der Waals surface area contributed by atoms with Gasteiger partial charge in [0.05, 0.1) is 0 Å². The molecular formula is C17H33N3O3. The van der Waals surface area contributed by atoms with Crippen molar-refractivity contribution in [3.05, 3.63) is 0 Å². The molecule has 0 aromatic heterocycles. The average Bonchev–Trinajstić information content (AvgIpc) is 2.42. The van der Waals surface area contributed by atoms with E-state index in [1.54, 1.807) is 27.7 Å². The van der Waals surface area contributed by atoms with Gasteiger partial charge in [-0.1, -0.05) is 6.42 Å². The van der Waals surface area contributed by atoms with E-state index in [0.29, 0.717) is 12.6 Å². The maximum absolute atomic E-state index is 12.0. The Hall–Kier alpha value is -1.30.